The van der Waals surface area contributed by atoms with Crippen LogP contribution in [0.4, 0.5) is 14.5 Å². The van der Waals surface area contributed by atoms with Crippen LogP contribution in [-0.4, -0.2) is 35.2 Å². The molecule has 0 aliphatic carbocycles. The Labute approximate surface area is 138 Å². The maximum absolute atomic E-state index is 13.7. The SMILES string of the molecule is CN(C)S(=O)(=O)c1cccc(NS(=O)(=O)c2ccc(F)cc2F)c1. The minimum Gasteiger partial charge on any atom is -0.279 e. The van der Waals surface area contributed by atoms with E-state index in [-0.39, 0.29) is 10.6 Å². The van der Waals surface area contributed by atoms with Gasteiger partial charge in [-0.3, -0.25) is 4.72 Å². The van der Waals surface area contributed by atoms with Gasteiger partial charge in [-0.15, -0.1) is 0 Å². The van der Waals surface area contributed by atoms with E-state index in [9.17, 15) is 25.6 Å². The summed E-state index contributed by atoms with van der Waals surface area (Å²) in [6.45, 7) is 0. The van der Waals surface area contributed by atoms with E-state index in [1.165, 1.54) is 32.3 Å². The largest absolute Gasteiger partial charge is 0.279 e. The van der Waals surface area contributed by atoms with Gasteiger partial charge in [-0.05, 0) is 30.3 Å². The third-order valence-electron chi connectivity index (χ3n) is 3.05. The van der Waals surface area contributed by atoms with Gasteiger partial charge < -0.3 is 0 Å². The predicted octanol–water partition coefficient (Wildman–Crippen LogP) is 2.02. The highest BCUT2D eigenvalue weighted by Crippen LogP contribution is 2.22. The normalized spacial score (nSPS) is 12.4. The number of nitrogens with one attached hydrogen (secondary N) is 1. The lowest BCUT2D eigenvalue weighted by Crippen LogP contribution is -2.22. The maximum atomic E-state index is 13.7. The first-order valence-corrected chi connectivity index (χ1v) is 9.47. The summed E-state index contributed by atoms with van der Waals surface area (Å²) < 4.78 is 78.1. The average Bonchev–Trinajstić information content (AvgIpc) is 2.46. The molecule has 0 heterocycles. The number of hydrogen-bond donors (Lipinski definition) is 1. The third kappa shape index (κ3) is 3.71. The van der Waals surface area contributed by atoms with Gasteiger partial charge in [0.15, 0.2) is 0 Å². The van der Waals surface area contributed by atoms with Crippen molar-refractivity contribution in [1.82, 2.24) is 4.31 Å². The van der Waals surface area contributed by atoms with Gasteiger partial charge in [-0.25, -0.2) is 29.9 Å². The average molecular weight is 376 g/mol. The Balaban J connectivity index is 2.41. The Bertz CT molecular complexity index is 974. The van der Waals surface area contributed by atoms with E-state index in [2.05, 4.69) is 4.72 Å². The molecule has 2 aromatic carbocycles. The van der Waals surface area contributed by atoms with Crippen molar-refractivity contribution in [2.24, 2.45) is 0 Å². The molecule has 24 heavy (non-hydrogen) atoms. The lowest BCUT2D eigenvalue weighted by Gasteiger charge is -2.13. The van der Waals surface area contributed by atoms with E-state index in [4.69, 9.17) is 0 Å². The Hall–Kier alpha value is -2.04. The van der Waals surface area contributed by atoms with Gasteiger partial charge in [-0.2, -0.15) is 0 Å². The molecule has 0 saturated heterocycles. The summed E-state index contributed by atoms with van der Waals surface area (Å²) in [5.74, 6) is -2.16. The number of hydrogen-bond acceptors (Lipinski definition) is 4. The summed E-state index contributed by atoms with van der Waals surface area (Å²) in [6.07, 6.45) is 0. The highest BCUT2D eigenvalue weighted by Gasteiger charge is 2.22. The van der Waals surface area contributed by atoms with Crippen LogP contribution in [0, 0.1) is 11.6 Å². The molecule has 2 aromatic rings. The molecule has 1 N–H and O–H groups in total. The second kappa shape index (κ2) is 6.46. The van der Waals surface area contributed by atoms with Gasteiger partial charge in [0.2, 0.25) is 10.0 Å². The summed E-state index contributed by atoms with van der Waals surface area (Å²) in [4.78, 5) is -0.878. The number of anilines is 1. The Kier molecular flexibility index (Phi) is 4.92. The topological polar surface area (TPSA) is 83.6 Å². The fraction of sp³-hybridized carbons (Fsp3) is 0.143. The molecule has 0 radical (unpaired) electrons. The molecule has 0 aliphatic rings. The molecule has 0 spiro atoms. The summed E-state index contributed by atoms with van der Waals surface area (Å²) >= 11 is 0. The standard InChI is InChI=1S/C14H14F2N2O4S2/c1-18(2)24(21,22)12-5-3-4-11(9-12)17-23(19,20)14-7-6-10(15)8-13(14)16/h3-9,17H,1-2H3. The Morgan fingerprint density at radius 2 is 1.62 bits per heavy atom. The molecule has 0 unspecified atom stereocenters. The van der Waals surface area contributed by atoms with Crippen LogP contribution in [0.1, 0.15) is 0 Å². The van der Waals surface area contributed by atoms with Gasteiger partial charge in [-0.1, -0.05) is 6.07 Å². The van der Waals surface area contributed by atoms with Gasteiger partial charge in [0.1, 0.15) is 16.5 Å². The number of rotatable bonds is 5. The van der Waals surface area contributed by atoms with E-state index in [1.807, 2.05) is 0 Å². The summed E-state index contributed by atoms with van der Waals surface area (Å²) in [7, 11) is -5.44. The van der Waals surface area contributed by atoms with Crippen LogP contribution in [0.15, 0.2) is 52.3 Å². The van der Waals surface area contributed by atoms with Crippen molar-refractivity contribution in [3.63, 3.8) is 0 Å². The molecule has 0 fully saturated rings. The smallest absolute Gasteiger partial charge is 0.264 e. The molecule has 0 aromatic heterocycles. The van der Waals surface area contributed by atoms with E-state index in [1.54, 1.807) is 0 Å². The minimum absolute atomic E-state index is 0.0679. The lowest BCUT2D eigenvalue weighted by atomic mass is 10.3. The van der Waals surface area contributed by atoms with Crippen molar-refractivity contribution in [3.8, 4) is 0 Å². The summed E-state index contributed by atoms with van der Waals surface area (Å²) in [6, 6.07) is 7.10. The minimum atomic E-state index is -4.34. The van der Waals surface area contributed by atoms with E-state index in [0.29, 0.717) is 6.07 Å². The number of nitrogens with zero attached hydrogens (tertiary/aromatic N) is 1. The molecule has 0 amide bonds. The maximum Gasteiger partial charge on any atom is 0.264 e. The molecule has 0 aliphatic heterocycles. The molecular weight excluding hydrogens is 362 g/mol. The fourth-order valence-electron chi connectivity index (χ4n) is 1.83. The van der Waals surface area contributed by atoms with E-state index in [0.717, 1.165) is 22.5 Å². The van der Waals surface area contributed by atoms with Crippen LogP contribution in [0.25, 0.3) is 0 Å². The Morgan fingerprint density at radius 1 is 0.958 bits per heavy atom. The van der Waals surface area contributed by atoms with Crippen molar-refractivity contribution in [3.05, 3.63) is 54.1 Å². The van der Waals surface area contributed by atoms with E-state index < -0.39 is 36.6 Å². The van der Waals surface area contributed by atoms with Gasteiger partial charge in [0, 0.05) is 20.2 Å². The van der Waals surface area contributed by atoms with Gasteiger partial charge >= 0.3 is 0 Å². The van der Waals surface area contributed by atoms with Gasteiger partial charge in [0.25, 0.3) is 10.0 Å². The van der Waals surface area contributed by atoms with E-state index >= 15 is 0 Å². The first kappa shape index (κ1) is 18.3. The van der Waals surface area contributed by atoms with Crippen molar-refractivity contribution >= 4 is 25.7 Å². The van der Waals surface area contributed by atoms with Crippen LogP contribution in [0.2, 0.25) is 0 Å². The molecule has 2 rings (SSSR count). The molecule has 0 saturated carbocycles. The van der Waals surface area contributed by atoms with Crippen molar-refractivity contribution in [2.75, 3.05) is 18.8 Å². The van der Waals surface area contributed by atoms with Crippen LogP contribution in [-0.2, 0) is 20.0 Å². The van der Waals surface area contributed by atoms with Gasteiger partial charge in [0.05, 0.1) is 10.6 Å². The predicted molar refractivity (Wildman–Crippen MR) is 84.5 cm³/mol. The number of benzene rings is 2. The van der Waals surface area contributed by atoms with Crippen LogP contribution in [0.3, 0.4) is 0 Å². The Morgan fingerprint density at radius 3 is 2.21 bits per heavy atom. The second-order valence-corrected chi connectivity index (χ2v) is 8.80. The highest BCUT2D eigenvalue weighted by atomic mass is 32.2. The number of sulfonamides is 2. The van der Waals surface area contributed by atoms with Crippen molar-refractivity contribution in [1.29, 1.82) is 0 Å². The lowest BCUT2D eigenvalue weighted by molar-refractivity contribution is 0.520. The van der Waals surface area contributed by atoms with Crippen LogP contribution in [0.5, 0.6) is 0 Å². The molecule has 0 atom stereocenters. The summed E-state index contributed by atoms with van der Waals surface area (Å²) in [5.41, 5.74) is -0.0679. The molecule has 0 bridgehead atoms. The molecule has 130 valence electrons. The van der Waals surface area contributed by atoms with Crippen LogP contribution < -0.4 is 4.72 Å². The van der Waals surface area contributed by atoms with Crippen molar-refractivity contribution in [2.45, 2.75) is 9.79 Å². The zero-order valence-corrected chi connectivity index (χ0v) is 14.3. The monoisotopic (exact) mass is 376 g/mol. The molecule has 6 nitrogen and oxygen atoms in total. The summed E-state index contributed by atoms with van der Waals surface area (Å²) in [5, 5.41) is 0. The first-order chi connectivity index (χ1) is 11.0. The molecular formula is C14H14F2N2O4S2. The zero-order valence-electron chi connectivity index (χ0n) is 12.7. The van der Waals surface area contributed by atoms with Crippen LogP contribution >= 0.6 is 0 Å². The second-order valence-electron chi connectivity index (χ2n) is 5.00. The zero-order chi connectivity index (χ0) is 18.1. The first-order valence-electron chi connectivity index (χ1n) is 6.54. The fourth-order valence-corrected chi connectivity index (χ4v) is 3.89. The quantitative estimate of drug-likeness (QED) is 0.865. The van der Waals surface area contributed by atoms with Crippen molar-refractivity contribution < 1.29 is 25.6 Å². The molecule has 10 heteroatoms. The number of halogens is 2. The third-order valence-corrected chi connectivity index (χ3v) is 6.27. The highest BCUT2D eigenvalue weighted by molar-refractivity contribution is 7.92.